The molecule has 1 aliphatic heterocycles. The van der Waals surface area contributed by atoms with Gasteiger partial charge in [-0.3, -0.25) is 0 Å². The first-order valence-electron chi connectivity index (χ1n) is 2.34. The summed E-state index contributed by atoms with van der Waals surface area (Å²) in [6, 6.07) is 0. The number of carbonyl (C=O) groups excluding carboxylic acids is 1. The molecule has 0 fully saturated rings. The van der Waals surface area contributed by atoms with E-state index in [4.69, 9.17) is 16.3 Å². The van der Waals surface area contributed by atoms with Gasteiger partial charge in [-0.05, 0) is 29.5 Å². The van der Waals surface area contributed by atoms with Crippen LogP contribution in [0.15, 0.2) is 10.6 Å². The summed E-state index contributed by atoms with van der Waals surface area (Å²) in [6.07, 6.45) is 0. The molecule has 0 aromatic carbocycles. The first-order valence-corrected chi connectivity index (χ1v) is 3.96. The van der Waals surface area contributed by atoms with Crippen molar-refractivity contribution in [2.75, 3.05) is 0 Å². The smallest absolute Gasteiger partial charge is 0.336 e. The molecule has 0 saturated heterocycles. The van der Waals surface area contributed by atoms with Crippen LogP contribution >= 0.6 is 34.2 Å². The number of halogens is 2. The molecule has 0 unspecified atom stereocenters. The molecule has 0 saturated carbocycles. The number of hydrogen-bond acceptors (Lipinski definition) is 2. The standard InChI is InChI=1S/C5H4ClIO2/c1-2-3(6)4(7)9-5(2)8/h4H,1H3/t4-/m0/s1. The van der Waals surface area contributed by atoms with Crippen molar-refractivity contribution in [1.29, 1.82) is 0 Å². The number of alkyl halides is 1. The zero-order valence-corrected chi connectivity index (χ0v) is 7.56. The lowest BCUT2D eigenvalue weighted by atomic mass is 10.3. The van der Waals surface area contributed by atoms with Gasteiger partial charge in [0.15, 0.2) is 4.11 Å². The number of esters is 1. The van der Waals surface area contributed by atoms with E-state index < -0.39 is 0 Å². The number of hydrogen-bond donors (Lipinski definition) is 0. The molecule has 9 heavy (non-hydrogen) atoms. The number of cyclic esters (lactones) is 1. The van der Waals surface area contributed by atoms with Gasteiger partial charge in [-0.15, -0.1) is 0 Å². The molecule has 1 heterocycles. The van der Waals surface area contributed by atoms with Crippen molar-refractivity contribution in [2.24, 2.45) is 0 Å². The molecule has 1 atom stereocenters. The van der Waals surface area contributed by atoms with Gasteiger partial charge in [0.25, 0.3) is 0 Å². The largest absolute Gasteiger partial charge is 0.442 e. The van der Waals surface area contributed by atoms with Gasteiger partial charge in [0.05, 0.1) is 10.6 Å². The molecule has 0 bridgehead atoms. The molecule has 1 rings (SSSR count). The minimum Gasteiger partial charge on any atom is -0.442 e. The van der Waals surface area contributed by atoms with Crippen LogP contribution in [0.25, 0.3) is 0 Å². The van der Waals surface area contributed by atoms with Crippen LogP contribution in [0, 0.1) is 0 Å². The van der Waals surface area contributed by atoms with E-state index in [1.165, 1.54) is 0 Å². The van der Waals surface area contributed by atoms with Gasteiger partial charge in [0, 0.05) is 0 Å². The molecule has 4 heteroatoms. The topological polar surface area (TPSA) is 26.3 Å². The van der Waals surface area contributed by atoms with E-state index in [1.807, 2.05) is 22.6 Å². The van der Waals surface area contributed by atoms with Gasteiger partial charge < -0.3 is 4.74 Å². The second kappa shape index (κ2) is 2.46. The predicted octanol–water partition coefficient (Wildman–Crippen LogP) is 1.82. The van der Waals surface area contributed by atoms with E-state index in [1.54, 1.807) is 6.92 Å². The Bertz CT molecular complexity index is 187. The van der Waals surface area contributed by atoms with Gasteiger partial charge in [-0.25, -0.2) is 4.79 Å². The molecule has 0 aromatic heterocycles. The number of rotatable bonds is 0. The van der Waals surface area contributed by atoms with E-state index in [0.717, 1.165) is 0 Å². The summed E-state index contributed by atoms with van der Waals surface area (Å²) >= 11 is 7.59. The fourth-order valence-electron chi connectivity index (χ4n) is 0.502. The summed E-state index contributed by atoms with van der Waals surface area (Å²) in [4.78, 5) is 10.6. The Morgan fingerprint density at radius 1 is 1.78 bits per heavy atom. The highest BCUT2D eigenvalue weighted by atomic mass is 127. The van der Waals surface area contributed by atoms with Crippen molar-refractivity contribution < 1.29 is 9.53 Å². The minimum absolute atomic E-state index is 0.267. The van der Waals surface area contributed by atoms with E-state index >= 15 is 0 Å². The van der Waals surface area contributed by atoms with Crippen LogP contribution in [-0.2, 0) is 9.53 Å². The van der Waals surface area contributed by atoms with Crippen molar-refractivity contribution in [3.8, 4) is 0 Å². The Hall–Kier alpha value is 0.230. The van der Waals surface area contributed by atoms with Crippen molar-refractivity contribution in [3.63, 3.8) is 0 Å². The number of ether oxygens (including phenoxy) is 1. The lowest BCUT2D eigenvalue weighted by Crippen LogP contribution is -2.00. The number of carbonyl (C=O) groups is 1. The summed E-state index contributed by atoms with van der Waals surface area (Å²) in [6.45, 7) is 1.66. The highest BCUT2D eigenvalue weighted by Crippen LogP contribution is 2.29. The fraction of sp³-hybridized carbons (Fsp3) is 0.400. The second-order valence-corrected chi connectivity index (χ2v) is 3.23. The van der Waals surface area contributed by atoms with Gasteiger partial charge in [-0.2, -0.15) is 0 Å². The lowest BCUT2D eigenvalue weighted by Gasteiger charge is -1.96. The third kappa shape index (κ3) is 1.21. The maximum atomic E-state index is 10.6. The van der Waals surface area contributed by atoms with Crippen LogP contribution in [0.1, 0.15) is 6.92 Å². The van der Waals surface area contributed by atoms with E-state index in [2.05, 4.69) is 0 Å². The van der Waals surface area contributed by atoms with Crippen LogP contribution in [-0.4, -0.2) is 10.1 Å². The van der Waals surface area contributed by atoms with Crippen molar-refractivity contribution in [3.05, 3.63) is 10.6 Å². The zero-order valence-electron chi connectivity index (χ0n) is 4.65. The van der Waals surface area contributed by atoms with Crippen LogP contribution in [0.3, 0.4) is 0 Å². The SMILES string of the molecule is CC1=C(Cl)[C@@H](I)OC1=O. The average Bonchev–Trinajstić information content (AvgIpc) is 1.98. The monoisotopic (exact) mass is 258 g/mol. The first kappa shape index (κ1) is 7.34. The van der Waals surface area contributed by atoms with Crippen LogP contribution in [0.5, 0.6) is 0 Å². The maximum absolute atomic E-state index is 10.6. The summed E-state index contributed by atoms with van der Waals surface area (Å²) in [5.74, 6) is -0.306. The average molecular weight is 258 g/mol. The fourth-order valence-corrected chi connectivity index (χ4v) is 1.32. The lowest BCUT2D eigenvalue weighted by molar-refractivity contribution is -0.136. The molecule has 0 spiro atoms. The van der Waals surface area contributed by atoms with Crippen LogP contribution < -0.4 is 0 Å². The Kier molecular flexibility index (Phi) is 2.00. The van der Waals surface area contributed by atoms with Crippen LogP contribution in [0.2, 0.25) is 0 Å². The Morgan fingerprint density at radius 2 is 2.33 bits per heavy atom. The Balaban J connectivity index is 2.92. The summed E-state index contributed by atoms with van der Waals surface area (Å²) in [7, 11) is 0. The van der Waals surface area contributed by atoms with Gasteiger partial charge in [0.2, 0.25) is 0 Å². The molecular formula is C5H4ClIO2. The molecule has 0 aromatic rings. The predicted molar refractivity (Wildman–Crippen MR) is 42.5 cm³/mol. The van der Waals surface area contributed by atoms with Crippen LogP contribution in [0.4, 0.5) is 0 Å². The highest BCUT2D eigenvalue weighted by Gasteiger charge is 2.27. The molecular weight excluding hydrogens is 254 g/mol. The van der Waals surface area contributed by atoms with E-state index in [9.17, 15) is 4.79 Å². The minimum atomic E-state index is -0.306. The summed E-state index contributed by atoms with van der Waals surface area (Å²) in [5.41, 5.74) is 0.524. The molecule has 1 aliphatic rings. The zero-order chi connectivity index (χ0) is 7.02. The quantitative estimate of drug-likeness (QED) is 0.376. The van der Waals surface area contributed by atoms with Gasteiger partial charge in [-0.1, -0.05) is 11.6 Å². The molecule has 0 amide bonds. The Morgan fingerprint density at radius 3 is 2.44 bits per heavy atom. The van der Waals surface area contributed by atoms with E-state index in [-0.39, 0.29) is 10.1 Å². The molecule has 0 N–H and O–H groups in total. The first-order chi connectivity index (χ1) is 4.13. The third-order valence-electron chi connectivity index (χ3n) is 1.07. The van der Waals surface area contributed by atoms with Crippen molar-refractivity contribution >= 4 is 40.2 Å². The molecule has 50 valence electrons. The summed E-state index contributed by atoms with van der Waals surface area (Å²) < 4.78 is 4.46. The highest BCUT2D eigenvalue weighted by molar-refractivity contribution is 14.1. The Labute approximate surface area is 71.3 Å². The third-order valence-corrected chi connectivity index (χ3v) is 2.80. The van der Waals surface area contributed by atoms with Crippen molar-refractivity contribution in [1.82, 2.24) is 0 Å². The van der Waals surface area contributed by atoms with Gasteiger partial charge >= 0.3 is 5.97 Å². The molecule has 0 radical (unpaired) electrons. The normalized spacial score (nSPS) is 27.0. The van der Waals surface area contributed by atoms with Crippen molar-refractivity contribution in [2.45, 2.75) is 11.0 Å². The summed E-state index contributed by atoms with van der Waals surface area (Å²) in [5, 5.41) is 0.514. The van der Waals surface area contributed by atoms with E-state index in [0.29, 0.717) is 10.6 Å². The van der Waals surface area contributed by atoms with Gasteiger partial charge in [0.1, 0.15) is 0 Å². The second-order valence-electron chi connectivity index (χ2n) is 1.69. The molecule has 2 nitrogen and oxygen atoms in total. The maximum Gasteiger partial charge on any atom is 0.336 e. The molecule has 0 aliphatic carbocycles.